The molecule has 1 aliphatic rings. The first-order valence-corrected chi connectivity index (χ1v) is 5.50. The summed E-state index contributed by atoms with van der Waals surface area (Å²) in [5.74, 6) is 0.0895. The van der Waals surface area contributed by atoms with Gasteiger partial charge in [-0.25, -0.2) is 0 Å². The highest BCUT2D eigenvalue weighted by molar-refractivity contribution is 5.94. The molecule has 2 heteroatoms. The number of benzene rings is 1. The first kappa shape index (κ1) is 10.9. The van der Waals surface area contributed by atoms with Crippen LogP contribution in [-0.2, 0) is 14.9 Å². The van der Waals surface area contributed by atoms with E-state index in [1.807, 2.05) is 43.3 Å². The Labute approximate surface area is 95.9 Å². The predicted molar refractivity (Wildman–Crippen MR) is 63.1 cm³/mol. The number of hydrogen-bond acceptors (Lipinski definition) is 2. The van der Waals surface area contributed by atoms with Crippen LogP contribution in [0.25, 0.3) is 0 Å². The lowest BCUT2D eigenvalue weighted by Gasteiger charge is -2.13. The minimum absolute atomic E-state index is 0.153. The maximum absolute atomic E-state index is 12.0. The Morgan fingerprint density at radius 1 is 1.38 bits per heavy atom. The Kier molecular flexibility index (Phi) is 2.58. The third-order valence-electron chi connectivity index (χ3n) is 3.54. The van der Waals surface area contributed by atoms with Gasteiger partial charge in [-0.15, -0.1) is 0 Å². The molecule has 0 radical (unpaired) electrons. The van der Waals surface area contributed by atoms with Crippen molar-refractivity contribution < 1.29 is 9.53 Å². The van der Waals surface area contributed by atoms with E-state index >= 15 is 0 Å². The van der Waals surface area contributed by atoms with E-state index < -0.39 is 5.41 Å². The fourth-order valence-corrected chi connectivity index (χ4v) is 2.68. The van der Waals surface area contributed by atoms with E-state index in [0.29, 0.717) is 0 Å². The molecule has 0 bridgehead atoms. The van der Waals surface area contributed by atoms with Crippen LogP contribution in [0.15, 0.2) is 42.0 Å². The molecule has 0 amide bonds. The van der Waals surface area contributed by atoms with Gasteiger partial charge in [-0.05, 0) is 18.1 Å². The zero-order chi connectivity index (χ0) is 11.8. The molecule has 2 nitrogen and oxygen atoms in total. The molecular weight excluding hydrogens is 200 g/mol. The van der Waals surface area contributed by atoms with Gasteiger partial charge < -0.3 is 4.74 Å². The first-order chi connectivity index (χ1) is 7.69. The highest BCUT2D eigenvalue weighted by Gasteiger charge is 2.64. The van der Waals surface area contributed by atoms with Gasteiger partial charge in [0.15, 0.2) is 0 Å². The summed E-state index contributed by atoms with van der Waals surface area (Å²) in [4.78, 5) is 12.0. The minimum atomic E-state index is -0.523. The third kappa shape index (κ3) is 1.22. The van der Waals surface area contributed by atoms with E-state index in [4.69, 9.17) is 4.74 Å². The number of hydrogen-bond donors (Lipinski definition) is 0. The van der Waals surface area contributed by atoms with Gasteiger partial charge in [0.05, 0.1) is 7.11 Å². The Bertz CT molecular complexity index is 433. The summed E-state index contributed by atoms with van der Waals surface area (Å²) in [5, 5.41) is 0. The SMILES string of the molecule is C/C=C1/[C@H](C)[C@]1(C(=O)OC)c1ccccc1. The van der Waals surface area contributed by atoms with Crippen LogP contribution in [-0.4, -0.2) is 13.1 Å². The van der Waals surface area contributed by atoms with E-state index in [1.165, 1.54) is 7.11 Å². The minimum Gasteiger partial charge on any atom is -0.468 e. The zero-order valence-electron chi connectivity index (χ0n) is 9.86. The largest absolute Gasteiger partial charge is 0.468 e. The molecule has 0 aromatic heterocycles. The van der Waals surface area contributed by atoms with Crippen molar-refractivity contribution in [1.29, 1.82) is 0 Å². The quantitative estimate of drug-likeness (QED) is 0.561. The van der Waals surface area contributed by atoms with Crippen molar-refractivity contribution in [3.05, 3.63) is 47.5 Å². The van der Waals surface area contributed by atoms with Crippen LogP contribution < -0.4 is 0 Å². The number of esters is 1. The monoisotopic (exact) mass is 216 g/mol. The average molecular weight is 216 g/mol. The van der Waals surface area contributed by atoms with E-state index in [9.17, 15) is 4.79 Å². The standard InChI is InChI=1S/C14H16O2/c1-4-12-10(2)14(12,13(15)16-3)11-8-6-5-7-9-11/h4-10H,1-3H3/b12-4-/t10-,14-/m0/s1. The predicted octanol–water partition coefficient (Wildman–Crippen LogP) is 2.69. The van der Waals surface area contributed by atoms with Gasteiger partial charge in [0.1, 0.15) is 5.41 Å². The lowest BCUT2D eigenvalue weighted by atomic mass is 9.93. The molecular formula is C14H16O2. The lowest BCUT2D eigenvalue weighted by molar-refractivity contribution is -0.143. The van der Waals surface area contributed by atoms with Gasteiger partial charge in [0.2, 0.25) is 0 Å². The lowest BCUT2D eigenvalue weighted by Crippen LogP contribution is -2.24. The molecule has 2 rings (SSSR count). The summed E-state index contributed by atoms with van der Waals surface area (Å²) in [5.41, 5.74) is 1.66. The van der Waals surface area contributed by atoms with Crippen molar-refractivity contribution in [2.45, 2.75) is 19.3 Å². The first-order valence-electron chi connectivity index (χ1n) is 5.50. The van der Waals surface area contributed by atoms with Crippen LogP contribution >= 0.6 is 0 Å². The van der Waals surface area contributed by atoms with Crippen molar-refractivity contribution in [2.24, 2.45) is 5.92 Å². The van der Waals surface area contributed by atoms with Crippen molar-refractivity contribution >= 4 is 5.97 Å². The molecule has 1 fully saturated rings. The van der Waals surface area contributed by atoms with Gasteiger partial charge in [-0.2, -0.15) is 0 Å². The van der Waals surface area contributed by atoms with Crippen molar-refractivity contribution in [2.75, 3.05) is 7.11 Å². The maximum atomic E-state index is 12.0. The normalized spacial score (nSPS) is 30.2. The number of carbonyl (C=O) groups excluding carboxylic acids is 1. The highest BCUT2D eigenvalue weighted by Crippen LogP contribution is 2.59. The number of carbonyl (C=O) groups is 1. The summed E-state index contributed by atoms with van der Waals surface area (Å²) in [6.45, 7) is 4.04. The Morgan fingerprint density at radius 2 is 2.00 bits per heavy atom. The fourth-order valence-electron chi connectivity index (χ4n) is 2.68. The van der Waals surface area contributed by atoms with Crippen LogP contribution in [0, 0.1) is 5.92 Å². The Hall–Kier alpha value is -1.57. The molecule has 0 unspecified atom stereocenters. The molecule has 0 aliphatic heterocycles. The molecule has 2 atom stereocenters. The van der Waals surface area contributed by atoms with Crippen molar-refractivity contribution in [3.8, 4) is 0 Å². The van der Waals surface area contributed by atoms with E-state index in [-0.39, 0.29) is 11.9 Å². The molecule has 1 saturated carbocycles. The highest BCUT2D eigenvalue weighted by atomic mass is 16.5. The summed E-state index contributed by atoms with van der Waals surface area (Å²) in [6, 6.07) is 9.85. The second-order valence-corrected chi connectivity index (χ2v) is 4.13. The van der Waals surface area contributed by atoms with Crippen LogP contribution in [0.4, 0.5) is 0 Å². The molecule has 0 spiro atoms. The van der Waals surface area contributed by atoms with Gasteiger partial charge in [-0.1, -0.05) is 43.3 Å². The van der Waals surface area contributed by atoms with Crippen LogP contribution in [0.2, 0.25) is 0 Å². The molecule has 16 heavy (non-hydrogen) atoms. The smallest absolute Gasteiger partial charge is 0.321 e. The van der Waals surface area contributed by atoms with E-state index in [2.05, 4.69) is 6.92 Å². The summed E-state index contributed by atoms with van der Waals surface area (Å²) < 4.78 is 4.95. The van der Waals surface area contributed by atoms with Crippen molar-refractivity contribution in [1.82, 2.24) is 0 Å². The Morgan fingerprint density at radius 3 is 2.44 bits per heavy atom. The molecule has 0 saturated heterocycles. The topological polar surface area (TPSA) is 26.3 Å². The molecule has 1 aliphatic carbocycles. The summed E-state index contributed by atoms with van der Waals surface area (Å²) in [6.07, 6.45) is 2.02. The van der Waals surface area contributed by atoms with Crippen LogP contribution in [0.3, 0.4) is 0 Å². The number of ether oxygens (including phenoxy) is 1. The second-order valence-electron chi connectivity index (χ2n) is 4.13. The summed E-state index contributed by atoms with van der Waals surface area (Å²) in [7, 11) is 1.45. The molecule has 1 aromatic rings. The van der Waals surface area contributed by atoms with Crippen molar-refractivity contribution in [3.63, 3.8) is 0 Å². The molecule has 0 N–H and O–H groups in total. The van der Waals surface area contributed by atoms with Gasteiger partial charge >= 0.3 is 5.97 Å². The third-order valence-corrected chi connectivity index (χ3v) is 3.54. The van der Waals surface area contributed by atoms with Gasteiger partial charge in [0.25, 0.3) is 0 Å². The molecule has 84 valence electrons. The van der Waals surface area contributed by atoms with Crippen LogP contribution in [0.5, 0.6) is 0 Å². The molecule has 1 aromatic carbocycles. The summed E-state index contributed by atoms with van der Waals surface area (Å²) >= 11 is 0. The van der Waals surface area contributed by atoms with E-state index in [0.717, 1.165) is 11.1 Å². The molecule has 0 heterocycles. The van der Waals surface area contributed by atoms with Crippen LogP contribution in [0.1, 0.15) is 19.4 Å². The number of allylic oxidation sites excluding steroid dienone is 1. The fraction of sp³-hybridized carbons (Fsp3) is 0.357. The zero-order valence-corrected chi connectivity index (χ0v) is 9.86. The van der Waals surface area contributed by atoms with Gasteiger partial charge in [-0.3, -0.25) is 4.79 Å². The number of rotatable bonds is 2. The average Bonchev–Trinajstić information content (AvgIpc) is 2.95. The number of methoxy groups -OCH3 is 1. The maximum Gasteiger partial charge on any atom is 0.321 e. The van der Waals surface area contributed by atoms with E-state index in [1.54, 1.807) is 0 Å². The second kappa shape index (κ2) is 3.78. The van der Waals surface area contributed by atoms with Gasteiger partial charge in [0, 0.05) is 5.92 Å². The Balaban J connectivity index is 2.51.